The fourth-order valence-corrected chi connectivity index (χ4v) is 4.41. The normalized spacial score (nSPS) is 11.3. The van der Waals surface area contributed by atoms with Crippen LogP contribution in [0.25, 0.3) is 10.9 Å². The Morgan fingerprint density at radius 3 is 2.55 bits per heavy atom. The molecule has 0 atom stereocenters. The van der Waals surface area contributed by atoms with Crippen molar-refractivity contribution in [1.29, 1.82) is 0 Å². The van der Waals surface area contributed by atoms with Gasteiger partial charge in [0.1, 0.15) is 10.7 Å². The predicted octanol–water partition coefficient (Wildman–Crippen LogP) is 3.95. The first-order valence-corrected chi connectivity index (χ1v) is 10.4. The summed E-state index contributed by atoms with van der Waals surface area (Å²) in [5, 5.41) is 18.2. The quantitative estimate of drug-likeness (QED) is 0.542. The molecular formula is C21H24N6OS. The number of rotatable bonds is 5. The second kappa shape index (κ2) is 7.44. The summed E-state index contributed by atoms with van der Waals surface area (Å²) in [6, 6.07) is 8.16. The zero-order valence-electron chi connectivity index (χ0n) is 17.3. The number of aryl methyl sites for hydroxylation is 7. The van der Waals surface area contributed by atoms with E-state index in [1.165, 1.54) is 11.3 Å². The van der Waals surface area contributed by atoms with Crippen LogP contribution in [0.2, 0.25) is 0 Å². The highest BCUT2D eigenvalue weighted by Gasteiger charge is 2.17. The van der Waals surface area contributed by atoms with Crippen molar-refractivity contribution >= 4 is 33.3 Å². The maximum Gasteiger partial charge on any atom is 0.274 e. The Morgan fingerprint density at radius 1 is 1.10 bits per heavy atom. The van der Waals surface area contributed by atoms with Gasteiger partial charge in [0.25, 0.3) is 5.91 Å². The van der Waals surface area contributed by atoms with Crippen molar-refractivity contribution < 1.29 is 4.79 Å². The molecule has 0 unspecified atom stereocenters. The second-order valence-electron chi connectivity index (χ2n) is 7.41. The number of nitrogens with zero attached hydrogens (tertiary/aromatic N) is 5. The minimum absolute atomic E-state index is 0.177. The smallest absolute Gasteiger partial charge is 0.274 e. The van der Waals surface area contributed by atoms with Crippen molar-refractivity contribution in [1.82, 2.24) is 24.5 Å². The Hall–Kier alpha value is -3.00. The number of nitrogens with one attached hydrogen (secondary N) is 1. The number of carbonyl (C=O) groups is 1. The number of hydrogen-bond donors (Lipinski definition) is 1. The van der Waals surface area contributed by atoms with Crippen LogP contribution in [-0.2, 0) is 20.0 Å². The van der Waals surface area contributed by atoms with Gasteiger partial charge in [-0.2, -0.15) is 5.10 Å². The highest BCUT2D eigenvalue weighted by Crippen LogP contribution is 2.26. The fraction of sp³-hybridized carbons (Fsp3) is 0.333. The van der Waals surface area contributed by atoms with Gasteiger partial charge in [0.15, 0.2) is 0 Å². The van der Waals surface area contributed by atoms with Crippen molar-refractivity contribution in [3.05, 3.63) is 57.5 Å². The molecule has 1 aromatic carbocycles. The maximum absolute atomic E-state index is 12.9. The first kappa shape index (κ1) is 19.3. The average molecular weight is 409 g/mol. The predicted molar refractivity (Wildman–Crippen MR) is 116 cm³/mol. The van der Waals surface area contributed by atoms with Gasteiger partial charge in [0.05, 0.1) is 11.2 Å². The summed E-state index contributed by atoms with van der Waals surface area (Å²) in [5.41, 5.74) is 6.13. The molecule has 1 N–H and O–H groups in total. The van der Waals surface area contributed by atoms with E-state index in [0.717, 1.165) is 51.4 Å². The van der Waals surface area contributed by atoms with Gasteiger partial charge in [-0.05, 0) is 51.0 Å². The van der Waals surface area contributed by atoms with Gasteiger partial charge in [-0.3, -0.25) is 14.8 Å². The van der Waals surface area contributed by atoms with E-state index in [1.54, 1.807) is 0 Å². The van der Waals surface area contributed by atoms with E-state index in [1.807, 2.05) is 36.2 Å². The molecule has 4 rings (SSSR count). The molecule has 0 aliphatic rings. The highest BCUT2D eigenvalue weighted by atomic mass is 32.1. The lowest BCUT2D eigenvalue weighted by Gasteiger charge is -2.06. The Balaban J connectivity index is 1.49. The summed E-state index contributed by atoms with van der Waals surface area (Å²) in [6.07, 6.45) is 0.724. The molecule has 0 aliphatic heterocycles. The number of anilines is 1. The summed E-state index contributed by atoms with van der Waals surface area (Å²) in [7, 11) is 1.92. The van der Waals surface area contributed by atoms with Gasteiger partial charge >= 0.3 is 0 Å². The van der Waals surface area contributed by atoms with Crippen LogP contribution >= 0.6 is 11.3 Å². The third kappa shape index (κ3) is 3.67. The minimum atomic E-state index is -0.177. The largest absolute Gasteiger partial charge is 0.339 e. The Kier molecular flexibility index (Phi) is 4.96. The average Bonchev–Trinajstić information content (AvgIpc) is 3.34. The van der Waals surface area contributed by atoms with E-state index in [-0.39, 0.29) is 5.91 Å². The van der Waals surface area contributed by atoms with E-state index in [9.17, 15) is 4.79 Å². The van der Waals surface area contributed by atoms with Crippen molar-refractivity contribution in [3.63, 3.8) is 0 Å². The van der Waals surface area contributed by atoms with Crippen molar-refractivity contribution in [2.45, 2.75) is 40.7 Å². The lowest BCUT2D eigenvalue weighted by Crippen LogP contribution is -2.15. The van der Waals surface area contributed by atoms with Gasteiger partial charge in [0.2, 0.25) is 5.13 Å². The molecule has 29 heavy (non-hydrogen) atoms. The Bertz CT molecular complexity index is 1220. The molecule has 150 valence electrons. The summed E-state index contributed by atoms with van der Waals surface area (Å²) < 4.78 is 3.91. The van der Waals surface area contributed by atoms with Crippen LogP contribution in [-0.4, -0.2) is 30.5 Å². The molecular weight excluding hydrogens is 384 g/mol. The van der Waals surface area contributed by atoms with E-state index in [4.69, 9.17) is 0 Å². The van der Waals surface area contributed by atoms with Crippen LogP contribution in [0.15, 0.2) is 24.3 Å². The number of amides is 1. The van der Waals surface area contributed by atoms with Crippen molar-refractivity contribution in [3.8, 4) is 0 Å². The zero-order chi connectivity index (χ0) is 20.7. The molecule has 3 heterocycles. The first-order chi connectivity index (χ1) is 13.8. The lowest BCUT2D eigenvalue weighted by atomic mass is 10.1. The Morgan fingerprint density at radius 2 is 1.86 bits per heavy atom. The molecule has 0 saturated heterocycles. The van der Waals surface area contributed by atoms with E-state index in [0.29, 0.717) is 10.8 Å². The third-order valence-electron chi connectivity index (χ3n) is 5.18. The van der Waals surface area contributed by atoms with Gasteiger partial charge in [0, 0.05) is 31.1 Å². The van der Waals surface area contributed by atoms with Gasteiger partial charge in [-0.1, -0.05) is 23.5 Å². The van der Waals surface area contributed by atoms with Crippen LogP contribution in [0.5, 0.6) is 0 Å². The topological polar surface area (TPSA) is 77.6 Å². The fourth-order valence-electron chi connectivity index (χ4n) is 3.69. The number of fused-ring (bicyclic) bond motifs is 1. The lowest BCUT2D eigenvalue weighted by molar-refractivity contribution is 0.101. The molecule has 0 spiro atoms. The molecule has 0 bridgehead atoms. The first-order valence-electron chi connectivity index (χ1n) is 9.54. The van der Waals surface area contributed by atoms with E-state index < -0.39 is 0 Å². The Labute approximate surface area is 173 Å². The number of carbonyl (C=O) groups excluding carboxylic acids is 1. The number of benzene rings is 1. The number of aromatic nitrogens is 5. The van der Waals surface area contributed by atoms with Crippen molar-refractivity contribution in [2.75, 3.05) is 5.32 Å². The molecule has 0 aliphatic carbocycles. The van der Waals surface area contributed by atoms with E-state index in [2.05, 4.69) is 52.7 Å². The molecule has 8 heteroatoms. The number of hydrogen-bond acceptors (Lipinski definition) is 5. The van der Waals surface area contributed by atoms with Crippen LogP contribution in [0, 0.1) is 27.7 Å². The molecule has 1 amide bonds. The minimum Gasteiger partial charge on any atom is -0.339 e. The standard InChI is InChI=1S/C21H24N6OS/c1-12-6-7-13(2)19-16(12)11-17(26(19)5)20(28)22-21-24-23-18(29-21)8-9-27-15(4)10-14(3)25-27/h6-7,10-11H,8-9H2,1-5H3,(H,22,24,28). The summed E-state index contributed by atoms with van der Waals surface area (Å²) >= 11 is 1.40. The van der Waals surface area contributed by atoms with E-state index >= 15 is 0 Å². The highest BCUT2D eigenvalue weighted by molar-refractivity contribution is 7.15. The molecule has 0 radical (unpaired) electrons. The SMILES string of the molecule is Cc1cc(C)n(CCc2nnc(NC(=O)c3cc4c(C)ccc(C)c4n3C)s2)n1. The maximum atomic E-state index is 12.9. The summed E-state index contributed by atoms with van der Waals surface area (Å²) in [6.45, 7) is 8.88. The molecule has 7 nitrogen and oxygen atoms in total. The van der Waals surface area contributed by atoms with Crippen LogP contribution < -0.4 is 5.32 Å². The van der Waals surface area contributed by atoms with Crippen LogP contribution in [0.1, 0.15) is 38.0 Å². The molecule has 0 fully saturated rings. The molecule has 0 saturated carbocycles. The van der Waals surface area contributed by atoms with Crippen molar-refractivity contribution in [2.24, 2.45) is 7.05 Å². The molecule has 3 aromatic heterocycles. The van der Waals surface area contributed by atoms with Gasteiger partial charge in [-0.25, -0.2) is 0 Å². The van der Waals surface area contributed by atoms with Crippen LogP contribution in [0.3, 0.4) is 0 Å². The summed E-state index contributed by atoms with van der Waals surface area (Å²) in [4.78, 5) is 12.9. The second-order valence-corrected chi connectivity index (χ2v) is 8.47. The van der Waals surface area contributed by atoms with Crippen LogP contribution in [0.4, 0.5) is 5.13 Å². The monoisotopic (exact) mass is 408 g/mol. The van der Waals surface area contributed by atoms with Gasteiger partial charge < -0.3 is 4.57 Å². The zero-order valence-corrected chi connectivity index (χ0v) is 18.1. The summed E-state index contributed by atoms with van der Waals surface area (Å²) in [5.74, 6) is -0.177. The molecule has 4 aromatic rings. The van der Waals surface area contributed by atoms with Gasteiger partial charge in [-0.15, -0.1) is 10.2 Å². The third-order valence-corrected chi connectivity index (χ3v) is 6.07.